The fourth-order valence-electron chi connectivity index (χ4n) is 3.28. The molecule has 3 rings (SSSR count). The number of rotatable bonds is 5. The van der Waals surface area contributed by atoms with Crippen LogP contribution < -0.4 is 5.32 Å². The summed E-state index contributed by atoms with van der Waals surface area (Å²) >= 11 is 1.91. The maximum Gasteiger partial charge on any atom is 0.234 e. The second-order valence-electron chi connectivity index (χ2n) is 6.42. The van der Waals surface area contributed by atoms with Crippen LogP contribution >= 0.6 is 11.8 Å². The summed E-state index contributed by atoms with van der Waals surface area (Å²) in [5, 5.41) is 2.95. The Morgan fingerprint density at radius 3 is 2.62 bits per heavy atom. The third-order valence-corrected chi connectivity index (χ3v) is 5.59. The fraction of sp³-hybridized carbons (Fsp3) is 0.556. The standard InChI is InChI=1S/C18H25N3O2S/c22-17(19-12-15-4-2-1-3-5-15)14-20-7-6-16(13-20)18(23)21-8-10-24-11-9-21/h1-5,16H,6-14H2,(H,19,22). The van der Waals surface area contributed by atoms with Crippen molar-refractivity contribution in [3.8, 4) is 0 Å². The molecule has 0 bridgehead atoms. The molecule has 1 N–H and O–H groups in total. The van der Waals surface area contributed by atoms with Crippen molar-refractivity contribution in [1.82, 2.24) is 15.1 Å². The van der Waals surface area contributed by atoms with E-state index in [9.17, 15) is 9.59 Å². The summed E-state index contributed by atoms with van der Waals surface area (Å²) in [7, 11) is 0. The zero-order valence-electron chi connectivity index (χ0n) is 13.9. The van der Waals surface area contributed by atoms with Crippen LogP contribution in [0.25, 0.3) is 0 Å². The van der Waals surface area contributed by atoms with Crippen molar-refractivity contribution in [3.05, 3.63) is 35.9 Å². The van der Waals surface area contributed by atoms with Crippen LogP contribution in [-0.4, -0.2) is 65.8 Å². The molecule has 2 aliphatic heterocycles. The molecule has 2 aliphatic rings. The maximum atomic E-state index is 12.5. The molecule has 1 atom stereocenters. The van der Waals surface area contributed by atoms with Crippen molar-refractivity contribution in [3.63, 3.8) is 0 Å². The number of nitrogens with one attached hydrogen (secondary N) is 1. The first-order valence-electron chi connectivity index (χ1n) is 8.62. The van der Waals surface area contributed by atoms with Gasteiger partial charge in [-0.05, 0) is 18.5 Å². The van der Waals surface area contributed by atoms with E-state index in [1.807, 2.05) is 47.0 Å². The molecule has 5 nitrogen and oxygen atoms in total. The number of thioether (sulfide) groups is 1. The number of nitrogens with zero attached hydrogens (tertiary/aromatic N) is 2. The van der Waals surface area contributed by atoms with Gasteiger partial charge in [-0.1, -0.05) is 30.3 Å². The van der Waals surface area contributed by atoms with Crippen LogP contribution in [0.5, 0.6) is 0 Å². The summed E-state index contributed by atoms with van der Waals surface area (Å²) < 4.78 is 0. The van der Waals surface area contributed by atoms with Crippen molar-refractivity contribution in [2.24, 2.45) is 5.92 Å². The average Bonchev–Trinajstić information content (AvgIpc) is 3.09. The highest BCUT2D eigenvalue weighted by Crippen LogP contribution is 2.20. The zero-order chi connectivity index (χ0) is 16.8. The largest absolute Gasteiger partial charge is 0.351 e. The Morgan fingerprint density at radius 1 is 1.12 bits per heavy atom. The van der Waals surface area contributed by atoms with Gasteiger partial charge in [-0.2, -0.15) is 11.8 Å². The zero-order valence-corrected chi connectivity index (χ0v) is 14.8. The molecule has 0 radical (unpaired) electrons. The Kier molecular flexibility index (Phi) is 6.15. The highest BCUT2D eigenvalue weighted by Gasteiger charge is 2.32. The van der Waals surface area contributed by atoms with E-state index < -0.39 is 0 Å². The second-order valence-corrected chi connectivity index (χ2v) is 7.65. The number of carbonyl (C=O) groups excluding carboxylic acids is 2. The van der Waals surface area contributed by atoms with Crippen LogP contribution in [0.4, 0.5) is 0 Å². The van der Waals surface area contributed by atoms with Crippen LogP contribution in [0, 0.1) is 5.92 Å². The lowest BCUT2D eigenvalue weighted by Gasteiger charge is -2.28. The highest BCUT2D eigenvalue weighted by molar-refractivity contribution is 7.99. The number of hydrogen-bond donors (Lipinski definition) is 1. The van der Waals surface area contributed by atoms with Crippen LogP contribution in [0.3, 0.4) is 0 Å². The van der Waals surface area contributed by atoms with Gasteiger partial charge >= 0.3 is 0 Å². The van der Waals surface area contributed by atoms with E-state index in [-0.39, 0.29) is 17.7 Å². The first-order chi connectivity index (χ1) is 11.7. The van der Waals surface area contributed by atoms with Crippen LogP contribution in [0.15, 0.2) is 30.3 Å². The molecular weight excluding hydrogens is 322 g/mol. The van der Waals surface area contributed by atoms with E-state index in [1.54, 1.807) is 0 Å². The summed E-state index contributed by atoms with van der Waals surface area (Å²) in [5.74, 6) is 2.47. The first kappa shape index (κ1) is 17.3. The molecule has 130 valence electrons. The number of carbonyl (C=O) groups is 2. The molecule has 6 heteroatoms. The lowest BCUT2D eigenvalue weighted by molar-refractivity contribution is -0.135. The number of amides is 2. The Labute approximate surface area is 147 Å². The minimum Gasteiger partial charge on any atom is -0.351 e. The molecule has 0 saturated carbocycles. The lowest BCUT2D eigenvalue weighted by Crippen LogP contribution is -2.42. The van der Waals surface area contributed by atoms with Gasteiger partial charge in [0.25, 0.3) is 0 Å². The number of likely N-dealkylation sites (tertiary alicyclic amines) is 1. The summed E-state index contributed by atoms with van der Waals surface area (Å²) in [6, 6.07) is 9.91. The molecule has 0 aliphatic carbocycles. The van der Waals surface area contributed by atoms with Gasteiger partial charge in [0.2, 0.25) is 11.8 Å². The van der Waals surface area contributed by atoms with Gasteiger partial charge in [0, 0.05) is 37.7 Å². The Morgan fingerprint density at radius 2 is 1.88 bits per heavy atom. The summed E-state index contributed by atoms with van der Waals surface area (Å²) in [6.45, 7) is 4.22. The normalized spacial score (nSPS) is 21.7. The Hall–Kier alpha value is -1.53. The van der Waals surface area contributed by atoms with E-state index in [0.717, 1.165) is 43.1 Å². The highest BCUT2D eigenvalue weighted by atomic mass is 32.2. The monoisotopic (exact) mass is 347 g/mol. The molecule has 1 unspecified atom stereocenters. The predicted molar refractivity (Wildman–Crippen MR) is 96.7 cm³/mol. The van der Waals surface area contributed by atoms with Crippen LogP contribution in [-0.2, 0) is 16.1 Å². The molecule has 24 heavy (non-hydrogen) atoms. The molecule has 2 fully saturated rings. The molecule has 1 aromatic rings. The van der Waals surface area contributed by atoms with E-state index in [1.165, 1.54) is 0 Å². The van der Waals surface area contributed by atoms with Crippen molar-refractivity contribution < 1.29 is 9.59 Å². The molecule has 2 saturated heterocycles. The van der Waals surface area contributed by atoms with Gasteiger partial charge in [-0.3, -0.25) is 14.5 Å². The van der Waals surface area contributed by atoms with Crippen LogP contribution in [0.2, 0.25) is 0 Å². The third kappa shape index (κ3) is 4.74. The Balaban J connectivity index is 1.40. The quantitative estimate of drug-likeness (QED) is 0.870. The second kappa shape index (κ2) is 8.53. The predicted octanol–water partition coefficient (Wildman–Crippen LogP) is 1.20. The summed E-state index contributed by atoms with van der Waals surface area (Å²) in [6.07, 6.45) is 0.869. The van der Waals surface area contributed by atoms with Crippen molar-refractivity contribution in [2.45, 2.75) is 13.0 Å². The smallest absolute Gasteiger partial charge is 0.234 e. The Bertz CT molecular complexity index is 561. The minimum absolute atomic E-state index is 0.0290. The average molecular weight is 347 g/mol. The fourth-order valence-corrected chi connectivity index (χ4v) is 4.18. The molecule has 1 aromatic carbocycles. The van der Waals surface area contributed by atoms with Crippen LogP contribution in [0.1, 0.15) is 12.0 Å². The molecular formula is C18H25N3O2S. The van der Waals surface area contributed by atoms with Crippen molar-refractivity contribution in [2.75, 3.05) is 44.2 Å². The van der Waals surface area contributed by atoms with E-state index in [0.29, 0.717) is 19.6 Å². The SMILES string of the molecule is O=C(CN1CCC(C(=O)N2CCSCC2)C1)NCc1ccccc1. The van der Waals surface area contributed by atoms with E-state index in [4.69, 9.17) is 0 Å². The van der Waals surface area contributed by atoms with Crippen molar-refractivity contribution >= 4 is 23.6 Å². The molecule has 0 spiro atoms. The molecule has 2 amide bonds. The van der Waals surface area contributed by atoms with Gasteiger partial charge in [-0.25, -0.2) is 0 Å². The maximum absolute atomic E-state index is 12.5. The first-order valence-corrected chi connectivity index (χ1v) is 9.77. The van der Waals surface area contributed by atoms with Gasteiger partial charge < -0.3 is 10.2 Å². The minimum atomic E-state index is 0.0290. The lowest BCUT2D eigenvalue weighted by atomic mass is 10.1. The molecule has 0 aromatic heterocycles. The topological polar surface area (TPSA) is 52.7 Å². The van der Waals surface area contributed by atoms with Gasteiger partial charge in [0.15, 0.2) is 0 Å². The van der Waals surface area contributed by atoms with E-state index in [2.05, 4.69) is 10.2 Å². The van der Waals surface area contributed by atoms with E-state index >= 15 is 0 Å². The third-order valence-electron chi connectivity index (χ3n) is 4.64. The molecule has 2 heterocycles. The number of hydrogen-bond acceptors (Lipinski definition) is 4. The number of benzene rings is 1. The van der Waals surface area contributed by atoms with Gasteiger partial charge in [0.1, 0.15) is 0 Å². The summed E-state index contributed by atoms with van der Waals surface area (Å²) in [4.78, 5) is 28.7. The van der Waals surface area contributed by atoms with Gasteiger partial charge in [-0.15, -0.1) is 0 Å². The summed E-state index contributed by atoms with van der Waals surface area (Å²) in [5.41, 5.74) is 1.10. The van der Waals surface area contributed by atoms with Gasteiger partial charge in [0.05, 0.1) is 12.5 Å². The van der Waals surface area contributed by atoms with Crippen molar-refractivity contribution in [1.29, 1.82) is 0 Å².